The molecule has 0 atom stereocenters. The zero-order valence-corrected chi connectivity index (χ0v) is 34.6. The number of aryl methyl sites for hydroxylation is 4. The van der Waals surface area contributed by atoms with Crippen LogP contribution in [-0.4, -0.2) is 45.8 Å². The third-order valence-corrected chi connectivity index (χ3v) is 8.75. The molecule has 300 valence electrons. The van der Waals surface area contributed by atoms with Gasteiger partial charge in [0.2, 0.25) is 0 Å². The van der Waals surface area contributed by atoms with Gasteiger partial charge in [-0.2, -0.15) is 0 Å². The first-order chi connectivity index (χ1) is 27.7. The van der Waals surface area contributed by atoms with Gasteiger partial charge in [0.25, 0.3) is 0 Å². The van der Waals surface area contributed by atoms with Crippen LogP contribution in [0, 0.1) is 27.7 Å². The average molecular weight is 781 g/mol. The maximum atomic E-state index is 12.3. The van der Waals surface area contributed by atoms with Crippen LogP contribution in [0.5, 0.6) is 11.5 Å². The maximum Gasteiger partial charge on any atom is 0.340 e. The van der Waals surface area contributed by atoms with E-state index in [1.54, 1.807) is 31.5 Å². The summed E-state index contributed by atoms with van der Waals surface area (Å²) in [6.45, 7) is 18.0. The van der Waals surface area contributed by atoms with Crippen molar-refractivity contribution < 1.29 is 28.9 Å². The number of aromatic carboxylic acids is 1. The van der Waals surface area contributed by atoms with Crippen molar-refractivity contribution >= 4 is 34.7 Å². The third-order valence-electron chi connectivity index (χ3n) is 8.75. The Morgan fingerprint density at radius 1 is 0.621 bits per heavy atom. The number of pyridine rings is 2. The van der Waals surface area contributed by atoms with Crippen LogP contribution in [0.1, 0.15) is 77.6 Å². The van der Waals surface area contributed by atoms with Gasteiger partial charge in [-0.15, -0.1) is 0 Å². The molecule has 0 amide bonds. The lowest BCUT2D eigenvalue weighted by atomic mass is 10.1. The van der Waals surface area contributed by atoms with E-state index < -0.39 is 5.97 Å². The zero-order chi connectivity index (χ0) is 41.9. The van der Waals surface area contributed by atoms with E-state index >= 15 is 0 Å². The van der Waals surface area contributed by atoms with Gasteiger partial charge >= 0.3 is 11.9 Å². The molecule has 0 bridgehead atoms. The van der Waals surface area contributed by atoms with Gasteiger partial charge in [0.05, 0.1) is 76.5 Å². The molecule has 10 heteroatoms. The summed E-state index contributed by atoms with van der Waals surface area (Å²) in [5.74, 6) is 0.327. The second-order valence-corrected chi connectivity index (χ2v) is 14.5. The molecule has 0 radical (unpaired) electrons. The van der Waals surface area contributed by atoms with Gasteiger partial charge in [0.15, 0.2) is 0 Å². The summed E-state index contributed by atoms with van der Waals surface area (Å²) in [6.07, 6.45) is 3.70. The fourth-order valence-electron chi connectivity index (χ4n) is 6.27. The Kier molecular flexibility index (Phi) is 14.2. The average Bonchev–Trinajstić information content (AvgIpc) is 3.16. The number of nitrogens with one attached hydrogen (secondary N) is 2. The van der Waals surface area contributed by atoms with E-state index in [0.29, 0.717) is 23.5 Å². The smallest absolute Gasteiger partial charge is 0.340 e. The number of anilines is 4. The first kappa shape index (κ1) is 42.5. The number of aromatic nitrogens is 2. The van der Waals surface area contributed by atoms with Gasteiger partial charge in [-0.25, -0.2) is 9.59 Å². The van der Waals surface area contributed by atoms with E-state index in [1.807, 2.05) is 140 Å². The predicted molar refractivity (Wildman–Crippen MR) is 232 cm³/mol. The number of rotatable bonds is 13. The normalized spacial score (nSPS) is 10.7. The van der Waals surface area contributed by atoms with Crippen LogP contribution in [0.4, 0.5) is 22.7 Å². The van der Waals surface area contributed by atoms with Crippen LogP contribution < -0.4 is 20.1 Å². The third kappa shape index (κ3) is 11.4. The highest BCUT2D eigenvalue weighted by Gasteiger charge is 2.15. The molecule has 0 saturated heterocycles. The molecule has 58 heavy (non-hydrogen) atoms. The molecule has 2 heterocycles. The van der Waals surface area contributed by atoms with Crippen LogP contribution in [0.15, 0.2) is 109 Å². The number of carbonyl (C=O) groups excluding carboxylic acids is 1. The Balaban J connectivity index is 0.000000221. The lowest BCUT2D eigenvalue weighted by molar-refractivity contribution is 0.0526. The SMILES string of the molecule is CCOC(=O)c1cc(C)ccc1Nc1cnc(-c2cccc(OC(C)C)c2)c(C)c1.Cc1ccc(Nc2cnc(-c3cccc(OC(C)C)c3)c(C)c2)c(C(=O)O)c1. The van der Waals surface area contributed by atoms with Crippen LogP contribution in [-0.2, 0) is 4.74 Å². The minimum atomic E-state index is -0.963. The summed E-state index contributed by atoms with van der Waals surface area (Å²) in [5.41, 5.74) is 11.2. The molecule has 0 unspecified atom stereocenters. The molecule has 3 N–H and O–H groups in total. The Hall–Kier alpha value is -6.68. The predicted octanol–water partition coefficient (Wildman–Crippen LogP) is 11.7. The number of carboxylic acid groups (broad SMARTS) is 1. The molecule has 6 aromatic rings. The van der Waals surface area contributed by atoms with Crippen LogP contribution in [0.25, 0.3) is 22.5 Å². The minimum absolute atomic E-state index is 0.105. The highest BCUT2D eigenvalue weighted by Crippen LogP contribution is 2.31. The molecular formula is C48H52N4O6. The summed E-state index contributed by atoms with van der Waals surface area (Å²) in [5, 5.41) is 15.9. The summed E-state index contributed by atoms with van der Waals surface area (Å²) in [4.78, 5) is 33.1. The molecule has 0 saturated carbocycles. The van der Waals surface area contributed by atoms with Crippen LogP contribution in [0.3, 0.4) is 0 Å². The summed E-state index contributed by atoms with van der Waals surface area (Å²) < 4.78 is 16.8. The van der Waals surface area contributed by atoms with Crippen LogP contribution in [0.2, 0.25) is 0 Å². The lowest BCUT2D eigenvalue weighted by Gasteiger charge is -2.14. The maximum absolute atomic E-state index is 12.3. The van der Waals surface area contributed by atoms with Crippen molar-refractivity contribution in [2.45, 2.75) is 74.5 Å². The molecule has 6 rings (SSSR count). The van der Waals surface area contributed by atoms with Gasteiger partial charge in [-0.1, -0.05) is 47.5 Å². The second kappa shape index (κ2) is 19.5. The number of hydrogen-bond acceptors (Lipinski definition) is 9. The van der Waals surface area contributed by atoms with Crippen molar-refractivity contribution in [3.63, 3.8) is 0 Å². The van der Waals surface area contributed by atoms with Gasteiger partial charge in [0.1, 0.15) is 11.5 Å². The number of ether oxygens (including phenoxy) is 3. The first-order valence-electron chi connectivity index (χ1n) is 19.3. The van der Waals surface area contributed by atoms with Crippen molar-refractivity contribution in [3.05, 3.63) is 143 Å². The summed E-state index contributed by atoms with van der Waals surface area (Å²) >= 11 is 0. The fourth-order valence-corrected chi connectivity index (χ4v) is 6.27. The van der Waals surface area contributed by atoms with Crippen molar-refractivity contribution in [1.29, 1.82) is 0 Å². The molecule has 0 fully saturated rings. The molecule has 0 aliphatic heterocycles. The Morgan fingerprint density at radius 3 is 1.48 bits per heavy atom. The van der Waals surface area contributed by atoms with Crippen molar-refractivity contribution in [2.75, 3.05) is 17.2 Å². The number of hydrogen-bond donors (Lipinski definition) is 3. The Bertz CT molecular complexity index is 2390. The fraction of sp³-hybridized carbons (Fsp3) is 0.250. The van der Waals surface area contributed by atoms with Crippen LogP contribution >= 0.6 is 0 Å². The molecule has 2 aromatic heterocycles. The quantitative estimate of drug-likeness (QED) is 0.0973. The number of carboxylic acids is 1. The van der Waals surface area contributed by atoms with Gasteiger partial charge in [-0.3, -0.25) is 9.97 Å². The molecule has 10 nitrogen and oxygen atoms in total. The molecule has 4 aromatic carbocycles. The largest absolute Gasteiger partial charge is 0.491 e. The number of esters is 1. The Morgan fingerprint density at radius 2 is 1.07 bits per heavy atom. The van der Waals surface area contributed by atoms with Gasteiger partial charge < -0.3 is 30.0 Å². The highest BCUT2D eigenvalue weighted by molar-refractivity contribution is 5.97. The molecule has 0 aliphatic rings. The lowest BCUT2D eigenvalue weighted by Crippen LogP contribution is -2.08. The number of nitrogens with zero attached hydrogens (tertiary/aromatic N) is 2. The topological polar surface area (TPSA) is 132 Å². The van der Waals surface area contributed by atoms with Gasteiger partial charge in [-0.05, 0) is 134 Å². The van der Waals surface area contributed by atoms with E-state index in [9.17, 15) is 14.7 Å². The number of carbonyl (C=O) groups is 2. The van der Waals surface area contributed by atoms with E-state index in [2.05, 4.69) is 20.6 Å². The standard InChI is InChI=1S/C25H28N2O3.C23H24N2O3/c1-6-29-25(28)22-12-17(4)10-11-23(22)27-20-13-18(5)24(26-15-20)19-8-7-9-21(14-19)30-16(2)3;1-14(2)28-19-7-5-6-17(12-19)22-16(4)11-18(13-24-22)25-21-9-8-15(3)10-20(21)23(26)27/h7-16,27H,6H2,1-5H3;5-14,25H,1-4H3,(H,26,27). The van der Waals surface area contributed by atoms with E-state index in [0.717, 1.165) is 67.6 Å². The Labute approximate surface area is 341 Å². The zero-order valence-electron chi connectivity index (χ0n) is 34.6. The van der Waals surface area contributed by atoms with E-state index in [4.69, 9.17) is 14.2 Å². The second-order valence-electron chi connectivity index (χ2n) is 14.5. The molecule has 0 spiro atoms. The minimum Gasteiger partial charge on any atom is -0.491 e. The van der Waals surface area contributed by atoms with E-state index in [1.165, 1.54) is 0 Å². The monoisotopic (exact) mass is 780 g/mol. The first-order valence-corrected chi connectivity index (χ1v) is 19.3. The number of benzene rings is 4. The van der Waals surface area contributed by atoms with Crippen molar-refractivity contribution in [3.8, 4) is 34.0 Å². The summed E-state index contributed by atoms with van der Waals surface area (Å²) in [7, 11) is 0. The summed E-state index contributed by atoms with van der Waals surface area (Å²) in [6, 6.07) is 30.8. The van der Waals surface area contributed by atoms with Crippen molar-refractivity contribution in [2.24, 2.45) is 0 Å². The molecule has 0 aliphatic carbocycles. The molecular weight excluding hydrogens is 729 g/mol. The van der Waals surface area contributed by atoms with E-state index in [-0.39, 0.29) is 23.7 Å². The van der Waals surface area contributed by atoms with Crippen molar-refractivity contribution in [1.82, 2.24) is 9.97 Å². The highest BCUT2D eigenvalue weighted by atomic mass is 16.5. The van der Waals surface area contributed by atoms with Gasteiger partial charge in [0, 0.05) is 11.1 Å².